The maximum absolute atomic E-state index is 12.7. The number of nitrogens with zero attached hydrogens (tertiary/aromatic N) is 3. The summed E-state index contributed by atoms with van der Waals surface area (Å²) < 4.78 is 11.3. The number of aromatic nitrogens is 2. The van der Waals surface area contributed by atoms with Crippen molar-refractivity contribution in [2.24, 2.45) is 5.92 Å². The number of anilines is 2. The Bertz CT molecular complexity index is 1110. The van der Waals surface area contributed by atoms with Crippen molar-refractivity contribution in [2.75, 3.05) is 36.5 Å². The molecule has 1 N–H and O–H groups in total. The Labute approximate surface area is 201 Å². The fraction of sp³-hybridized carbons (Fsp3) is 0.458. The van der Waals surface area contributed by atoms with E-state index in [4.69, 9.17) is 9.15 Å². The van der Waals surface area contributed by atoms with E-state index in [0.717, 1.165) is 61.3 Å². The Balaban J connectivity index is 1.17. The van der Waals surface area contributed by atoms with Crippen LogP contribution in [0.4, 0.5) is 11.4 Å². The Morgan fingerprint density at radius 1 is 1.24 bits per heavy atom. The number of morpholine rings is 1. The van der Waals surface area contributed by atoms with Gasteiger partial charge in [-0.3, -0.25) is 4.79 Å². The van der Waals surface area contributed by atoms with Gasteiger partial charge in [-0.2, -0.15) is 0 Å². The third-order valence-electron chi connectivity index (χ3n) is 6.10. The third kappa shape index (κ3) is 5.26. The molecule has 2 aliphatic rings. The third-order valence-corrected chi connectivity index (χ3v) is 8.26. The number of hydrogen-bond acceptors (Lipinski definition) is 8. The van der Waals surface area contributed by atoms with Gasteiger partial charge in [0.1, 0.15) is 0 Å². The average molecular weight is 485 g/mol. The molecule has 0 spiro atoms. The number of fused-ring (bicyclic) bond motifs is 1. The molecule has 0 saturated carbocycles. The van der Waals surface area contributed by atoms with Crippen LogP contribution in [-0.2, 0) is 22.4 Å². The van der Waals surface area contributed by atoms with E-state index in [1.165, 1.54) is 28.6 Å². The highest BCUT2D eigenvalue weighted by Crippen LogP contribution is 2.37. The molecule has 7 nitrogen and oxygen atoms in total. The zero-order valence-corrected chi connectivity index (χ0v) is 20.5. The minimum Gasteiger partial charge on any atom is -0.410 e. The van der Waals surface area contributed by atoms with Crippen molar-refractivity contribution in [3.63, 3.8) is 0 Å². The van der Waals surface area contributed by atoms with Crippen LogP contribution in [0.1, 0.15) is 30.7 Å². The lowest BCUT2D eigenvalue weighted by Gasteiger charge is -2.28. The first-order chi connectivity index (χ1) is 16.0. The van der Waals surface area contributed by atoms with Gasteiger partial charge in [0, 0.05) is 29.3 Å². The van der Waals surface area contributed by atoms with Crippen LogP contribution in [0.15, 0.2) is 40.0 Å². The Hall–Kier alpha value is -2.36. The van der Waals surface area contributed by atoms with Crippen molar-refractivity contribution in [2.45, 2.75) is 43.6 Å². The standard InChI is InChI=1S/C24H28N4O3S2/c1-15-3-8-20-17(13-15)14-21(33-20)23-26-27-24(31-23)32-16(2)22(29)25-18-4-6-19(7-5-18)28-9-11-30-12-10-28/h4-7,14-16H,3,8-13H2,1-2H3,(H,25,29). The van der Waals surface area contributed by atoms with Gasteiger partial charge in [-0.25, -0.2) is 0 Å². The number of amides is 1. The van der Waals surface area contributed by atoms with Crippen LogP contribution < -0.4 is 10.2 Å². The Kier molecular flexibility index (Phi) is 6.71. The van der Waals surface area contributed by atoms with Crippen molar-refractivity contribution in [3.05, 3.63) is 40.8 Å². The van der Waals surface area contributed by atoms with Crippen molar-refractivity contribution in [1.82, 2.24) is 10.2 Å². The number of nitrogens with one attached hydrogen (secondary N) is 1. The van der Waals surface area contributed by atoms with E-state index in [2.05, 4.69) is 33.4 Å². The average Bonchev–Trinajstić information content (AvgIpc) is 3.46. The van der Waals surface area contributed by atoms with Gasteiger partial charge >= 0.3 is 0 Å². The van der Waals surface area contributed by atoms with Crippen molar-refractivity contribution in [3.8, 4) is 10.8 Å². The number of thioether (sulfide) groups is 1. The summed E-state index contributed by atoms with van der Waals surface area (Å²) in [4.78, 5) is 17.4. The molecule has 1 amide bonds. The molecule has 3 heterocycles. The second kappa shape index (κ2) is 9.87. The number of benzene rings is 1. The highest BCUT2D eigenvalue weighted by molar-refractivity contribution is 8.00. The van der Waals surface area contributed by atoms with Crippen LogP contribution in [-0.4, -0.2) is 47.7 Å². The predicted octanol–water partition coefficient (Wildman–Crippen LogP) is 4.88. The summed E-state index contributed by atoms with van der Waals surface area (Å²) in [6.07, 6.45) is 3.48. The van der Waals surface area contributed by atoms with Crippen LogP contribution in [0.5, 0.6) is 0 Å². The molecule has 5 rings (SSSR count). The van der Waals surface area contributed by atoms with Gasteiger partial charge in [0.2, 0.25) is 5.91 Å². The predicted molar refractivity (Wildman–Crippen MR) is 132 cm³/mol. The number of rotatable bonds is 6. The van der Waals surface area contributed by atoms with E-state index >= 15 is 0 Å². The molecule has 1 aliphatic heterocycles. The van der Waals surface area contributed by atoms with Crippen LogP contribution in [0, 0.1) is 5.92 Å². The van der Waals surface area contributed by atoms with E-state index in [1.807, 2.05) is 31.2 Å². The van der Waals surface area contributed by atoms with Gasteiger partial charge in [-0.1, -0.05) is 18.7 Å². The summed E-state index contributed by atoms with van der Waals surface area (Å²) in [6, 6.07) is 10.1. The van der Waals surface area contributed by atoms with Crippen LogP contribution in [0.25, 0.3) is 10.8 Å². The second-order valence-electron chi connectivity index (χ2n) is 8.68. The smallest absolute Gasteiger partial charge is 0.277 e. The molecular weight excluding hydrogens is 456 g/mol. The van der Waals surface area contributed by atoms with Gasteiger partial charge in [0.25, 0.3) is 11.1 Å². The number of thiophene rings is 1. The molecule has 2 aromatic heterocycles. The molecule has 2 atom stereocenters. The maximum atomic E-state index is 12.7. The Morgan fingerprint density at radius 3 is 2.82 bits per heavy atom. The summed E-state index contributed by atoms with van der Waals surface area (Å²) in [7, 11) is 0. The normalized spacial score (nSPS) is 19.2. The fourth-order valence-electron chi connectivity index (χ4n) is 4.19. The highest BCUT2D eigenvalue weighted by Gasteiger charge is 2.23. The summed E-state index contributed by atoms with van der Waals surface area (Å²) in [5.41, 5.74) is 3.32. The number of ether oxygens (including phenoxy) is 1. The van der Waals surface area contributed by atoms with Gasteiger partial charge < -0.3 is 19.4 Å². The summed E-state index contributed by atoms with van der Waals surface area (Å²) in [6.45, 7) is 7.42. The van der Waals surface area contributed by atoms with Gasteiger partial charge in [0.05, 0.1) is 23.3 Å². The highest BCUT2D eigenvalue weighted by atomic mass is 32.2. The number of hydrogen-bond donors (Lipinski definition) is 1. The Morgan fingerprint density at radius 2 is 2.03 bits per heavy atom. The molecule has 0 bridgehead atoms. The summed E-state index contributed by atoms with van der Waals surface area (Å²) in [5, 5.41) is 11.4. The van der Waals surface area contributed by atoms with Gasteiger partial charge in [-0.15, -0.1) is 21.5 Å². The molecule has 1 saturated heterocycles. The first kappa shape index (κ1) is 22.4. The molecule has 174 valence electrons. The lowest BCUT2D eigenvalue weighted by atomic mass is 9.90. The number of aryl methyl sites for hydroxylation is 1. The topological polar surface area (TPSA) is 80.5 Å². The first-order valence-electron chi connectivity index (χ1n) is 11.4. The van der Waals surface area contributed by atoms with E-state index in [0.29, 0.717) is 11.1 Å². The zero-order valence-electron chi connectivity index (χ0n) is 18.9. The lowest BCUT2D eigenvalue weighted by molar-refractivity contribution is -0.115. The minimum atomic E-state index is -0.366. The van der Waals surface area contributed by atoms with E-state index < -0.39 is 0 Å². The van der Waals surface area contributed by atoms with E-state index in [-0.39, 0.29) is 11.2 Å². The monoisotopic (exact) mass is 484 g/mol. The SMILES string of the molecule is CC1CCc2sc(-c3nnc(SC(C)C(=O)Nc4ccc(N5CCOCC5)cc4)o3)cc2C1. The lowest BCUT2D eigenvalue weighted by Crippen LogP contribution is -2.36. The summed E-state index contributed by atoms with van der Waals surface area (Å²) in [5.74, 6) is 1.17. The molecule has 1 aromatic carbocycles. The molecule has 2 unspecified atom stereocenters. The molecule has 3 aromatic rings. The minimum absolute atomic E-state index is 0.0977. The van der Waals surface area contributed by atoms with Crippen molar-refractivity contribution >= 4 is 40.4 Å². The fourth-order valence-corrected chi connectivity index (χ4v) is 6.01. The van der Waals surface area contributed by atoms with Crippen molar-refractivity contribution < 1.29 is 13.9 Å². The quantitative estimate of drug-likeness (QED) is 0.500. The number of carbonyl (C=O) groups is 1. The van der Waals surface area contributed by atoms with Crippen LogP contribution in [0.2, 0.25) is 0 Å². The van der Waals surface area contributed by atoms with Crippen LogP contribution in [0.3, 0.4) is 0 Å². The first-order valence-corrected chi connectivity index (χ1v) is 13.1. The second-order valence-corrected chi connectivity index (χ2v) is 11.1. The number of carbonyl (C=O) groups excluding carboxylic acids is 1. The van der Waals surface area contributed by atoms with Crippen molar-refractivity contribution in [1.29, 1.82) is 0 Å². The van der Waals surface area contributed by atoms with Crippen LogP contribution >= 0.6 is 23.1 Å². The summed E-state index contributed by atoms with van der Waals surface area (Å²) >= 11 is 3.02. The van der Waals surface area contributed by atoms with Gasteiger partial charge in [-0.05, 0) is 68.0 Å². The maximum Gasteiger partial charge on any atom is 0.277 e. The molecule has 33 heavy (non-hydrogen) atoms. The van der Waals surface area contributed by atoms with E-state index in [1.54, 1.807) is 11.3 Å². The molecule has 9 heteroatoms. The zero-order chi connectivity index (χ0) is 22.8. The molecular formula is C24H28N4O3S2. The van der Waals surface area contributed by atoms with E-state index in [9.17, 15) is 4.79 Å². The molecule has 0 radical (unpaired) electrons. The van der Waals surface area contributed by atoms with Gasteiger partial charge in [0.15, 0.2) is 0 Å². The largest absolute Gasteiger partial charge is 0.410 e. The molecule has 1 fully saturated rings. The molecule has 1 aliphatic carbocycles.